The van der Waals surface area contributed by atoms with E-state index in [-0.39, 0.29) is 17.0 Å². The van der Waals surface area contributed by atoms with E-state index in [0.717, 1.165) is 16.5 Å². The molecule has 126 valence electrons. The fourth-order valence-electron chi connectivity index (χ4n) is 3.26. The lowest BCUT2D eigenvalue weighted by Crippen LogP contribution is -2.36. The average molecular weight is 356 g/mol. The Bertz CT molecular complexity index is 1210. The molecule has 0 unspecified atom stereocenters. The summed E-state index contributed by atoms with van der Waals surface area (Å²) in [4.78, 5) is 4.41. The molecule has 0 saturated carbocycles. The maximum absolute atomic E-state index is 13.1. The summed E-state index contributed by atoms with van der Waals surface area (Å²) in [5, 5.41) is 15.2. The molecule has 4 aromatic rings. The van der Waals surface area contributed by atoms with Crippen LogP contribution in [0.5, 0.6) is 0 Å². The van der Waals surface area contributed by atoms with Crippen LogP contribution in [0.1, 0.15) is 11.1 Å². The Morgan fingerprint density at radius 1 is 1.20 bits per heavy atom. The highest BCUT2D eigenvalue weighted by molar-refractivity contribution is 7.89. The van der Waals surface area contributed by atoms with Gasteiger partial charge in [0.25, 0.3) is 0 Å². The Labute approximate surface area is 141 Å². The molecule has 0 amide bonds. The van der Waals surface area contributed by atoms with Crippen molar-refractivity contribution >= 4 is 32.1 Å². The van der Waals surface area contributed by atoms with Gasteiger partial charge < -0.3 is 0 Å². The van der Waals surface area contributed by atoms with Gasteiger partial charge in [-0.15, -0.1) is 0 Å². The maximum Gasteiger partial charge on any atom is 0.245 e. The summed E-state index contributed by atoms with van der Waals surface area (Å²) in [5.74, 6) is 0. The third kappa shape index (κ3) is 2.07. The number of fused-ring (bicyclic) bond motifs is 4. The van der Waals surface area contributed by atoms with Crippen molar-refractivity contribution < 1.29 is 13.0 Å². The van der Waals surface area contributed by atoms with Gasteiger partial charge in [-0.3, -0.25) is 5.10 Å². The molecule has 0 fully saturated rings. The lowest BCUT2D eigenvalue weighted by molar-refractivity contribution is 0.315. The summed E-state index contributed by atoms with van der Waals surface area (Å²) in [7, 11) is -3.72. The maximum atomic E-state index is 13.1. The van der Waals surface area contributed by atoms with Crippen LogP contribution < -0.4 is 0 Å². The standard InChI is InChI=1S/C15H12N6O3S/c22-25(23,13-3-1-2-12-14(13)20-24-19-12)21-5-4-10-9(8-21)6-16-15-11(10)7-17-18-15/h1-3,6-7H,4-5,8H2,(H,16,17,18). The van der Waals surface area contributed by atoms with Crippen LogP contribution in [0.3, 0.4) is 0 Å². The predicted octanol–water partition coefficient (Wildman–Crippen LogP) is 1.24. The van der Waals surface area contributed by atoms with Crippen LogP contribution in [0.15, 0.2) is 40.1 Å². The molecule has 1 aromatic carbocycles. The molecule has 9 nitrogen and oxygen atoms in total. The number of nitrogens with zero attached hydrogens (tertiary/aromatic N) is 5. The van der Waals surface area contributed by atoms with Gasteiger partial charge in [-0.2, -0.15) is 9.40 Å². The largest absolute Gasteiger partial charge is 0.261 e. The van der Waals surface area contributed by atoms with Gasteiger partial charge in [0.1, 0.15) is 10.4 Å². The van der Waals surface area contributed by atoms with Crippen molar-refractivity contribution in [3.63, 3.8) is 0 Å². The van der Waals surface area contributed by atoms with Gasteiger partial charge in [0.05, 0.1) is 6.20 Å². The molecule has 1 N–H and O–H groups in total. The molecule has 0 saturated heterocycles. The summed E-state index contributed by atoms with van der Waals surface area (Å²) < 4.78 is 32.3. The van der Waals surface area contributed by atoms with Crippen molar-refractivity contribution in [3.8, 4) is 0 Å². The molecule has 5 rings (SSSR count). The quantitative estimate of drug-likeness (QED) is 0.574. The predicted molar refractivity (Wildman–Crippen MR) is 87.0 cm³/mol. The van der Waals surface area contributed by atoms with Crippen LogP contribution >= 0.6 is 0 Å². The van der Waals surface area contributed by atoms with Crippen LogP contribution in [-0.2, 0) is 23.0 Å². The van der Waals surface area contributed by atoms with Gasteiger partial charge in [-0.1, -0.05) is 6.07 Å². The lowest BCUT2D eigenvalue weighted by Gasteiger charge is -2.28. The topological polar surface area (TPSA) is 118 Å². The smallest absolute Gasteiger partial charge is 0.245 e. The first-order valence-electron chi connectivity index (χ1n) is 7.66. The second-order valence-electron chi connectivity index (χ2n) is 5.87. The number of rotatable bonds is 2. The summed E-state index contributed by atoms with van der Waals surface area (Å²) in [6, 6.07) is 4.82. The fourth-order valence-corrected chi connectivity index (χ4v) is 4.82. The number of aromatic amines is 1. The van der Waals surface area contributed by atoms with E-state index in [9.17, 15) is 8.42 Å². The summed E-state index contributed by atoms with van der Waals surface area (Å²) in [5.41, 5.74) is 3.35. The number of nitrogens with one attached hydrogen (secondary N) is 1. The molecule has 10 heteroatoms. The summed E-state index contributed by atoms with van der Waals surface area (Å²) in [6.07, 6.45) is 4.03. The van der Waals surface area contributed by atoms with Crippen LogP contribution in [0.25, 0.3) is 22.1 Å². The van der Waals surface area contributed by atoms with E-state index in [2.05, 4.69) is 30.1 Å². The molecule has 3 aromatic heterocycles. The van der Waals surface area contributed by atoms with Crippen LogP contribution in [-0.4, -0.2) is 44.8 Å². The van der Waals surface area contributed by atoms with Gasteiger partial charge in [0, 0.05) is 24.7 Å². The minimum Gasteiger partial charge on any atom is -0.261 e. The minimum atomic E-state index is -3.72. The number of H-pyrrole nitrogens is 1. The third-order valence-corrected chi connectivity index (χ3v) is 6.38. The SMILES string of the molecule is O=S(=O)(c1cccc2nonc12)N1CCc2c(cnc3[nH]ncc23)C1. The van der Waals surface area contributed by atoms with E-state index >= 15 is 0 Å². The highest BCUT2D eigenvalue weighted by Gasteiger charge is 2.31. The second-order valence-corrected chi connectivity index (χ2v) is 7.78. The van der Waals surface area contributed by atoms with Crippen molar-refractivity contribution in [1.29, 1.82) is 0 Å². The van der Waals surface area contributed by atoms with E-state index in [0.29, 0.717) is 24.1 Å². The van der Waals surface area contributed by atoms with Crippen molar-refractivity contribution in [2.75, 3.05) is 6.54 Å². The molecular weight excluding hydrogens is 344 g/mol. The van der Waals surface area contributed by atoms with Gasteiger partial charge in [0.2, 0.25) is 10.0 Å². The van der Waals surface area contributed by atoms with Crippen molar-refractivity contribution in [2.24, 2.45) is 0 Å². The molecule has 0 atom stereocenters. The van der Waals surface area contributed by atoms with Gasteiger partial charge in [0.15, 0.2) is 11.2 Å². The highest BCUT2D eigenvalue weighted by Crippen LogP contribution is 2.30. The number of aromatic nitrogens is 5. The normalized spacial score (nSPS) is 15.7. The average Bonchev–Trinajstić information content (AvgIpc) is 3.29. The molecular formula is C15H12N6O3S. The van der Waals surface area contributed by atoms with Crippen molar-refractivity contribution in [3.05, 3.63) is 41.7 Å². The zero-order valence-corrected chi connectivity index (χ0v) is 13.7. The molecule has 0 bridgehead atoms. The highest BCUT2D eigenvalue weighted by atomic mass is 32.2. The Kier molecular flexibility index (Phi) is 2.94. The Morgan fingerprint density at radius 2 is 2.12 bits per heavy atom. The first-order chi connectivity index (χ1) is 12.1. The summed E-state index contributed by atoms with van der Waals surface area (Å²) in [6.45, 7) is 0.634. The molecule has 0 spiro atoms. The van der Waals surface area contributed by atoms with E-state index in [1.165, 1.54) is 10.4 Å². The Balaban J connectivity index is 1.59. The number of hydrogen-bond acceptors (Lipinski definition) is 7. The first-order valence-corrected chi connectivity index (χ1v) is 9.10. The Hall–Kier alpha value is -2.85. The molecule has 1 aliphatic rings. The van der Waals surface area contributed by atoms with Gasteiger partial charge in [-0.25, -0.2) is 18.0 Å². The molecule has 0 radical (unpaired) electrons. The van der Waals surface area contributed by atoms with Crippen LogP contribution in [0.2, 0.25) is 0 Å². The number of pyridine rings is 1. The summed E-state index contributed by atoms with van der Waals surface area (Å²) >= 11 is 0. The van der Waals surface area contributed by atoms with E-state index < -0.39 is 10.0 Å². The lowest BCUT2D eigenvalue weighted by atomic mass is 10.0. The Morgan fingerprint density at radius 3 is 3.04 bits per heavy atom. The van der Waals surface area contributed by atoms with E-state index in [1.54, 1.807) is 24.5 Å². The number of benzene rings is 1. The fraction of sp³-hybridized carbons (Fsp3) is 0.200. The van der Waals surface area contributed by atoms with E-state index in [1.807, 2.05) is 0 Å². The van der Waals surface area contributed by atoms with Crippen molar-refractivity contribution in [1.82, 2.24) is 29.8 Å². The van der Waals surface area contributed by atoms with Crippen molar-refractivity contribution in [2.45, 2.75) is 17.9 Å². The molecule has 25 heavy (non-hydrogen) atoms. The van der Waals surface area contributed by atoms with Crippen LogP contribution in [0, 0.1) is 0 Å². The zero-order valence-electron chi connectivity index (χ0n) is 12.9. The number of hydrogen-bond donors (Lipinski definition) is 1. The molecule has 1 aliphatic heterocycles. The monoisotopic (exact) mass is 356 g/mol. The third-order valence-electron chi connectivity index (χ3n) is 4.51. The molecule has 0 aliphatic carbocycles. The minimum absolute atomic E-state index is 0.104. The zero-order chi connectivity index (χ0) is 17.0. The number of sulfonamides is 1. The van der Waals surface area contributed by atoms with Gasteiger partial charge >= 0.3 is 0 Å². The van der Waals surface area contributed by atoms with Crippen LogP contribution in [0.4, 0.5) is 0 Å². The molecule has 4 heterocycles. The van der Waals surface area contributed by atoms with Gasteiger partial charge in [-0.05, 0) is 40.0 Å². The second kappa shape index (κ2) is 5.07. The van der Waals surface area contributed by atoms with E-state index in [4.69, 9.17) is 0 Å². The first kappa shape index (κ1) is 14.5.